The third-order valence-electron chi connectivity index (χ3n) is 5.67. The topological polar surface area (TPSA) is 49.3 Å². The zero-order chi connectivity index (χ0) is 18.0. The van der Waals surface area contributed by atoms with Crippen LogP contribution >= 0.6 is 0 Å². The van der Waals surface area contributed by atoms with E-state index in [-0.39, 0.29) is 11.7 Å². The van der Waals surface area contributed by atoms with E-state index in [1.807, 2.05) is 4.90 Å². The Morgan fingerprint density at radius 1 is 0.962 bits per heavy atom. The number of benzene rings is 1. The van der Waals surface area contributed by atoms with Gasteiger partial charge in [-0.1, -0.05) is 25.0 Å². The maximum atomic E-state index is 13.4. The van der Waals surface area contributed by atoms with Gasteiger partial charge < -0.3 is 9.80 Å². The standard InChI is InChI=1S/C20H23FN4O/c21-17-6-4-16(5-7-17)20(8-1-2-9-20)18(26)24-12-14-25(15-13-24)19-22-10-3-11-23-19/h3-7,10-11H,1-2,8-9,12-15H2. The number of carbonyl (C=O) groups excluding carboxylic acids is 1. The van der Waals surface area contributed by atoms with Gasteiger partial charge in [-0.25, -0.2) is 14.4 Å². The van der Waals surface area contributed by atoms with Crippen molar-refractivity contribution < 1.29 is 9.18 Å². The molecule has 1 aromatic heterocycles. The summed E-state index contributed by atoms with van der Waals surface area (Å²) in [5, 5.41) is 0. The lowest BCUT2D eigenvalue weighted by atomic mass is 9.77. The maximum Gasteiger partial charge on any atom is 0.233 e. The van der Waals surface area contributed by atoms with Crippen molar-refractivity contribution in [3.63, 3.8) is 0 Å². The molecule has 2 fully saturated rings. The van der Waals surface area contributed by atoms with Gasteiger partial charge in [-0.15, -0.1) is 0 Å². The SMILES string of the molecule is O=C(N1CCN(c2ncccn2)CC1)C1(c2ccc(F)cc2)CCCC1. The molecule has 1 saturated heterocycles. The van der Waals surface area contributed by atoms with E-state index in [2.05, 4.69) is 14.9 Å². The first kappa shape index (κ1) is 16.9. The number of hydrogen-bond donors (Lipinski definition) is 0. The van der Waals surface area contributed by atoms with E-state index in [0.29, 0.717) is 19.0 Å². The van der Waals surface area contributed by atoms with E-state index >= 15 is 0 Å². The van der Waals surface area contributed by atoms with Crippen LogP contribution in [0.5, 0.6) is 0 Å². The van der Waals surface area contributed by atoms with Crippen molar-refractivity contribution in [1.29, 1.82) is 0 Å². The van der Waals surface area contributed by atoms with Gasteiger partial charge in [0.1, 0.15) is 5.82 Å². The third-order valence-corrected chi connectivity index (χ3v) is 5.67. The van der Waals surface area contributed by atoms with Gasteiger partial charge in [-0.05, 0) is 36.6 Å². The minimum Gasteiger partial charge on any atom is -0.338 e. The number of halogens is 1. The van der Waals surface area contributed by atoms with Crippen molar-refractivity contribution in [1.82, 2.24) is 14.9 Å². The second kappa shape index (κ2) is 7.02. The number of hydrogen-bond acceptors (Lipinski definition) is 4. The lowest BCUT2D eigenvalue weighted by molar-refractivity contribution is -0.137. The maximum absolute atomic E-state index is 13.4. The van der Waals surface area contributed by atoms with E-state index in [4.69, 9.17) is 0 Å². The number of carbonyl (C=O) groups is 1. The molecule has 4 rings (SSSR count). The number of nitrogens with zero attached hydrogens (tertiary/aromatic N) is 4. The molecular weight excluding hydrogens is 331 g/mol. The lowest BCUT2D eigenvalue weighted by Crippen LogP contribution is -2.54. The summed E-state index contributed by atoms with van der Waals surface area (Å²) in [6.45, 7) is 2.80. The summed E-state index contributed by atoms with van der Waals surface area (Å²) in [6.07, 6.45) is 7.25. The first-order chi connectivity index (χ1) is 12.7. The summed E-state index contributed by atoms with van der Waals surface area (Å²) >= 11 is 0. The molecule has 1 aliphatic carbocycles. The largest absolute Gasteiger partial charge is 0.338 e. The molecule has 2 aromatic rings. The molecule has 1 saturated carbocycles. The molecule has 1 aliphatic heterocycles. The highest BCUT2D eigenvalue weighted by atomic mass is 19.1. The summed E-state index contributed by atoms with van der Waals surface area (Å²) < 4.78 is 13.3. The highest BCUT2D eigenvalue weighted by Gasteiger charge is 2.45. The summed E-state index contributed by atoms with van der Waals surface area (Å²) in [7, 11) is 0. The monoisotopic (exact) mass is 354 g/mol. The summed E-state index contributed by atoms with van der Waals surface area (Å²) in [5.41, 5.74) is 0.467. The molecule has 0 radical (unpaired) electrons. The van der Waals surface area contributed by atoms with Crippen molar-refractivity contribution in [2.75, 3.05) is 31.1 Å². The first-order valence-electron chi connectivity index (χ1n) is 9.26. The van der Waals surface area contributed by atoms with Crippen LogP contribution < -0.4 is 4.90 Å². The number of amides is 1. The smallest absolute Gasteiger partial charge is 0.233 e. The predicted octanol–water partition coefficient (Wildman–Crippen LogP) is 2.78. The van der Waals surface area contributed by atoms with Crippen molar-refractivity contribution >= 4 is 11.9 Å². The average molecular weight is 354 g/mol. The quantitative estimate of drug-likeness (QED) is 0.850. The van der Waals surface area contributed by atoms with Crippen LogP contribution in [0.1, 0.15) is 31.2 Å². The lowest BCUT2D eigenvalue weighted by Gasteiger charge is -2.40. The van der Waals surface area contributed by atoms with Gasteiger partial charge in [0.2, 0.25) is 11.9 Å². The fourth-order valence-electron chi connectivity index (χ4n) is 4.24. The molecule has 1 aromatic carbocycles. The molecule has 26 heavy (non-hydrogen) atoms. The molecule has 0 N–H and O–H groups in total. The molecule has 0 unspecified atom stereocenters. The Bertz CT molecular complexity index is 751. The Morgan fingerprint density at radius 2 is 1.58 bits per heavy atom. The van der Waals surface area contributed by atoms with E-state index in [1.165, 1.54) is 12.1 Å². The Kier molecular flexibility index (Phi) is 4.57. The molecule has 6 heteroatoms. The zero-order valence-corrected chi connectivity index (χ0v) is 14.8. The van der Waals surface area contributed by atoms with Crippen LogP contribution in [0.3, 0.4) is 0 Å². The van der Waals surface area contributed by atoms with Crippen molar-refractivity contribution in [2.45, 2.75) is 31.1 Å². The third kappa shape index (κ3) is 3.04. The Hall–Kier alpha value is -2.50. The van der Waals surface area contributed by atoms with Crippen LogP contribution in [0.4, 0.5) is 10.3 Å². The minimum absolute atomic E-state index is 0.190. The van der Waals surface area contributed by atoms with E-state index in [1.54, 1.807) is 30.6 Å². The Morgan fingerprint density at radius 3 is 2.19 bits per heavy atom. The van der Waals surface area contributed by atoms with Gasteiger partial charge in [0.15, 0.2) is 0 Å². The number of aromatic nitrogens is 2. The number of anilines is 1. The predicted molar refractivity (Wildman–Crippen MR) is 97.4 cm³/mol. The minimum atomic E-state index is -0.487. The average Bonchev–Trinajstić information content (AvgIpc) is 3.20. The molecule has 1 amide bonds. The highest BCUT2D eigenvalue weighted by Crippen LogP contribution is 2.42. The van der Waals surface area contributed by atoms with Gasteiger partial charge in [0.05, 0.1) is 5.41 Å². The summed E-state index contributed by atoms with van der Waals surface area (Å²) in [5.74, 6) is 0.648. The second-order valence-electron chi connectivity index (χ2n) is 7.12. The van der Waals surface area contributed by atoms with Crippen LogP contribution in [0, 0.1) is 5.82 Å². The van der Waals surface area contributed by atoms with Crippen molar-refractivity contribution in [2.24, 2.45) is 0 Å². The highest BCUT2D eigenvalue weighted by molar-refractivity contribution is 5.89. The van der Waals surface area contributed by atoms with Crippen LogP contribution in [0.2, 0.25) is 0 Å². The van der Waals surface area contributed by atoms with E-state index in [0.717, 1.165) is 44.3 Å². The van der Waals surface area contributed by atoms with Crippen molar-refractivity contribution in [3.8, 4) is 0 Å². The zero-order valence-electron chi connectivity index (χ0n) is 14.8. The van der Waals surface area contributed by atoms with Gasteiger partial charge in [0.25, 0.3) is 0 Å². The van der Waals surface area contributed by atoms with Crippen LogP contribution in [-0.2, 0) is 10.2 Å². The van der Waals surface area contributed by atoms with Gasteiger partial charge in [-0.2, -0.15) is 0 Å². The van der Waals surface area contributed by atoms with Gasteiger partial charge >= 0.3 is 0 Å². The Balaban J connectivity index is 1.50. The molecular formula is C20H23FN4O. The molecule has 0 bridgehead atoms. The molecule has 0 atom stereocenters. The molecule has 2 aliphatic rings. The van der Waals surface area contributed by atoms with Gasteiger partial charge in [-0.3, -0.25) is 4.79 Å². The van der Waals surface area contributed by atoms with E-state index < -0.39 is 5.41 Å². The molecule has 5 nitrogen and oxygen atoms in total. The van der Waals surface area contributed by atoms with Crippen LogP contribution in [-0.4, -0.2) is 47.0 Å². The van der Waals surface area contributed by atoms with E-state index in [9.17, 15) is 9.18 Å². The van der Waals surface area contributed by atoms with Crippen LogP contribution in [0.15, 0.2) is 42.7 Å². The fraction of sp³-hybridized carbons (Fsp3) is 0.450. The molecule has 0 spiro atoms. The molecule has 136 valence electrons. The number of piperazine rings is 1. The summed E-state index contributed by atoms with van der Waals surface area (Å²) in [6, 6.07) is 8.30. The number of rotatable bonds is 3. The molecule has 2 heterocycles. The second-order valence-corrected chi connectivity index (χ2v) is 7.12. The normalized spacial score (nSPS) is 19.6. The van der Waals surface area contributed by atoms with Crippen molar-refractivity contribution in [3.05, 3.63) is 54.1 Å². The fourth-order valence-corrected chi connectivity index (χ4v) is 4.24. The first-order valence-corrected chi connectivity index (χ1v) is 9.26. The van der Waals surface area contributed by atoms with Crippen LogP contribution in [0.25, 0.3) is 0 Å². The Labute approximate surface area is 152 Å². The summed E-state index contributed by atoms with van der Waals surface area (Å²) in [4.78, 5) is 26.1. The van der Waals surface area contributed by atoms with Gasteiger partial charge in [0, 0.05) is 38.6 Å².